The number of rotatable bonds is 3. The highest BCUT2D eigenvalue weighted by atomic mass is 28.3. The Morgan fingerprint density at radius 2 is 1.67 bits per heavy atom. The fraction of sp³-hybridized carbons (Fsp3) is 0.267. The van der Waals surface area contributed by atoms with E-state index in [1.165, 1.54) is 16.2 Å². The second-order valence-corrected chi connectivity index (χ2v) is 9.62. The zero-order valence-electron chi connectivity index (χ0n) is 11.5. The van der Waals surface area contributed by atoms with E-state index < -0.39 is 8.07 Å². The van der Waals surface area contributed by atoms with Gasteiger partial charge in [0.25, 0.3) is 0 Å². The molecule has 2 aromatic rings. The molecule has 0 aliphatic carbocycles. The molecular formula is C15H20N2Si. The average Bonchev–Trinajstić information content (AvgIpc) is 2.40. The van der Waals surface area contributed by atoms with Gasteiger partial charge >= 0.3 is 0 Å². The van der Waals surface area contributed by atoms with Crippen LogP contribution in [0.1, 0.15) is 0 Å². The standard InChI is InChI=1S/C15H20N2Si/c1-17(2)13-10-11-16-15(12-13)18(3,4)14-8-6-5-7-9-14/h5-12H,1-4H3. The highest BCUT2D eigenvalue weighted by molar-refractivity contribution is 6.99. The molecule has 0 atom stereocenters. The third-order valence-corrected chi connectivity index (χ3v) is 6.73. The zero-order valence-corrected chi connectivity index (χ0v) is 12.5. The molecule has 1 aromatic heterocycles. The summed E-state index contributed by atoms with van der Waals surface area (Å²) in [4.78, 5) is 6.73. The molecule has 0 aliphatic heterocycles. The lowest BCUT2D eigenvalue weighted by Crippen LogP contribution is -2.54. The Hall–Kier alpha value is -1.61. The molecule has 1 heterocycles. The first-order chi connectivity index (χ1) is 8.51. The molecule has 2 rings (SSSR count). The summed E-state index contributed by atoms with van der Waals surface area (Å²) in [6, 6.07) is 15.0. The van der Waals surface area contributed by atoms with Gasteiger partial charge in [0, 0.05) is 31.3 Å². The first-order valence-corrected chi connectivity index (χ1v) is 9.21. The van der Waals surface area contributed by atoms with E-state index in [9.17, 15) is 0 Å². The molecule has 0 amide bonds. The Morgan fingerprint density at radius 1 is 1.00 bits per heavy atom. The molecule has 18 heavy (non-hydrogen) atoms. The number of hydrogen-bond acceptors (Lipinski definition) is 2. The molecule has 0 saturated heterocycles. The SMILES string of the molecule is CN(C)c1ccnc([Si](C)(C)c2ccccc2)c1. The molecule has 3 heteroatoms. The van der Waals surface area contributed by atoms with Crippen molar-refractivity contribution < 1.29 is 0 Å². The first kappa shape index (κ1) is 12.8. The Kier molecular flexibility index (Phi) is 3.52. The highest BCUT2D eigenvalue weighted by Crippen LogP contribution is 2.10. The second kappa shape index (κ2) is 4.94. The van der Waals surface area contributed by atoms with Crippen molar-refractivity contribution in [3.05, 3.63) is 48.7 Å². The molecule has 0 unspecified atom stereocenters. The van der Waals surface area contributed by atoms with Gasteiger partial charge in [-0.1, -0.05) is 48.6 Å². The maximum absolute atomic E-state index is 4.60. The van der Waals surface area contributed by atoms with Gasteiger partial charge in [0.05, 0.1) is 0 Å². The van der Waals surface area contributed by atoms with Crippen LogP contribution in [0.5, 0.6) is 0 Å². The van der Waals surface area contributed by atoms with Crippen LogP contribution in [0.4, 0.5) is 5.69 Å². The lowest BCUT2D eigenvalue weighted by atomic mass is 10.4. The molecule has 0 saturated carbocycles. The summed E-state index contributed by atoms with van der Waals surface area (Å²) in [5.74, 6) is 0. The average molecular weight is 256 g/mol. The fourth-order valence-electron chi connectivity index (χ4n) is 2.04. The first-order valence-electron chi connectivity index (χ1n) is 6.21. The van der Waals surface area contributed by atoms with Crippen molar-refractivity contribution in [2.75, 3.05) is 19.0 Å². The summed E-state index contributed by atoms with van der Waals surface area (Å²) in [6.45, 7) is 4.70. The van der Waals surface area contributed by atoms with Crippen LogP contribution in [0.3, 0.4) is 0 Å². The largest absolute Gasteiger partial charge is 0.378 e. The van der Waals surface area contributed by atoms with Crippen molar-refractivity contribution in [1.29, 1.82) is 0 Å². The summed E-state index contributed by atoms with van der Waals surface area (Å²) >= 11 is 0. The number of aromatic nitrogens is 1. The molecule has 0 radical (unpaired) electrons. The molecule has 1 aromatic carbocycles. The van der Waals surface area contributed by atoms with Gasteiger partial charge in [0.1, 0.15) is 8.07 Å². The van der Waals surface area contributed by atoms with Crippen LogP contribution >= 0.6 is 0 Å². The van der Waals surface area contributed by atoms with Crippen LogP contribution in [-0.2, 0) is 0 Å². The van der Waals surface area contributed by atoms with Gasteiger partial charge in [-0.05, 0) is 12.1 Å². The van der Waals surface area contributed by atoms with Crippen LogP contribution in [-0.4, -0.2) is 27.2 Å². The highest BCUT2D eigenvalue weighted by Gasteiger charge is 2.27. The Bertz CT molecular complexity index is 521. The molecule has 0 spiro atoms. The van der Waals surface area contributed by atoms with Crippen molar-refractivity contribution in [2.24, 2.45) is 0 Å². The third-order valence-electron chi connectivity index (χ3n) is 3.40. The lowest BCUT2D eigenvalue weighted by molar-refractivity contribution is 1.12. The van der Waals surface area contributed by atoms with Gasteiger partial charge in [-0.15, -0.1) is 0 Å². The Morgan fingerprint density at radius 3 is 2.28 bits per heavy atom. The number of benzene rings is 1. The Balaban J connectivity index is 2.44. The second-order valence-electron chi connectivity index (χ2n) is 5.28. The minimum absolute atomic E-state index is 1.22. The molecule has 0 bridgehead atoms. The molecule has 2 nitrogen and oxygen atoms in total. The fourth-order valence-corrected chi connectivity index (χ4v) is 4.27. The monoisotopic (exact) mass is 256 g/mol. The van der Waals surface area contributed by atoms with E-state index in [1.54, 1.807) is 0 Å². The normalized spacial score (nSPS) is 11.3. The van der Waals surface area contributed by atoms with Gasteiger partial charge in [0.2, 0.25) is 0 Å². The van der Waals surface area contributed by atoms with E-state index in [-0.39, 0.29) is 0 Å². The molecule has 0 N–H and O–H groups in total. The predicted octanol–water partition coefficient (Wildman–Crippen LogP) is 1.97. The lowest BCUT2D eigenvalue weighted by Gasteiger charge is -2.24. The summed E-state index contributed by atoms with van der Waals surface area (Å²) < 4.78 is 0. The number of hydrogen-bond donors (Lipinski definition) is 0. The number of pyridine rings is 1. The van der Waals surface area contributed by atoms with Crippen LogP contribution in [0.15, 0.2) is 48.7 Å². The predicted molar refractivity (Wildman–Crippen MR) is 81.8 cm³/mol. The van der Waals surface area contributed by atoms with Gasteiger partial charge in [-0.2, -0.15) is 0 Å². The van der Waals surface area contributed by atoms with Crippen molar-refractivity contribution in [3.63, 3.8) is 0 Å². The summed E-state index contributed by atoms with van der Waals surface area (Å²) in [5, 5.41) is 2.66. The van der Waals surface area contributed by atoms with Gasteiger partial charge in [0.15, 0.2) is 0 Å². The molecular weight excluding hydrogens is 236 g/mol. The van der Waals surface area contributed by atoms with Gasteiger partial charge < -0.3 is 4.90 Å². The summed E-state index contributed by atoms with van der Waals surface area (Å²) in [7, 11) is 2.46. The Labute approximate surface area is 110 Å². The third kappa shape index (κ3) is 2.46. The minimum Gasteiger partial charge on any atom is -0.378 e. The van der Waals surface area contributed by atoms with E-state index in [1.807, 2.05) is 6.20 Å². The maximum Gasteiger partial charge on any atom is 0.135 e. The molecule has 94 valence electrons. The zero-order chi connectivity index (χ0) is 13.2. The quantitative estimate of drug-likeness (QED) is 0.781. The van der Waals surface area contributed by atoms with E-state index >= 15 is 0 Å². The number of anilines is 1. The van der Waals surface area contributed by atoms with Gasteiger partial charge in [-0.25, -0.2) is 0 Å². The van der Waals surface area contributed by atoms with E-state index in [0.717, 1.165) is 0 Å². The van der Waals surface area contributed by atoms with Gasteiger partial charge in [-0.3, -0.25) is 4.98 Å². The number of nitrogens with zero attached hydrogens (tertiary/aromatic N) is 2. The van der Waals surface area contributed by atoms with Crippen molar-refractivity contribution in [2.45, 2.75) is 13.1 Å². The van der Waals surface area contributed by atoms with Crippen LogP contribution in [0.25, 0.3) is 0 Å². The van der Waals surface area contributed by atoms with Crippen molar-refractivity contribution in [1.82, 2.24) is 4.98 Å². The minimum atomic E-state index is -1.67. The maximum atomic E-state index is 4.60. The van der Waals surface area contributed by atoms with E-state index in [2.05, 4.69) is 79.5 Å². The smallest absolute Gasteiger partial charge is 0.135 e. The van der Waals surface area contributed by atoms with E-state index in [4.69, 9.17) is 0 Å². The van der Waals surface area contributed by atoms with Crippen molar-refractivity contribution >= 4 is 24.3 Å². The van der Waals surface area contributed by atoms with Crippen LogP contribution in [0, 0.1) is 0 Å². The summed E-state index contributed by atoms with van der Waals surface area (Å²) in [6.07, 6.45) is 1.92. The van der Waals surface area contributed by atoms with E-state index in [0.29, 0.717) is 0 Å². The molecule has 0 fully saturated rings. The van der Waals surface area contributed by atoms with Crippen molar-refractivity contribution in [3.8, 4) is 0 Å². The van der Waals surface area contributed by atoms with Crippen LogP contribution in [0.2, 0.25) is 13.1 Å². The topological polar surface area (TPSA) is 16.1 Å². The molecule has 0 aliphatic rings. The van der Waals surface area contributed by atoms with Crippen LogP contribution < -0.4 is 15.4 Å². The summed E-state index contributed by atoms with van der Waals surface area (Å²) in [5.41, 5.74) is 1.22.